The number of anilines is 1. The zero-order chi connectivity index (χ0) is 31.0. The van der Waals surface area contributed by atoms with Gasteiger partial charge in [-0.2, -0.15) is 0 Å². The van der Waals surface area contributed by atoms with Gasteiger partial charge in [-0.05, 0) is 80.8 Å². The molecule has 1 unspecified atom stereocenters. The molecule has 0 bridgehead atoms. The van der Waals surface area contributed by atoms with Gasteiger partial charge in [0.2, 0.25) is 11.8 Å². The van der Waals surface area contributed by atoms with E-state index in [0.29, 0.717) is 40.2 Å². The minimum atomic E-state index is -4.19. The summed E-state index contributed by atoms with van der Waals surface area (Å²) >= 11 is 12.3. The lowest BCUT2D eigenvalue weighted by molar-refractivity contribution is -0.139. The smallest absolute Gasteiger partial charge is 0.264 e. The van der Waals surface area contributed by atoms with Crippen molar-refractivity contribution in [2.24, 2.45) is 5.92 Å². The summed E-state index contributed by atoms with van der Waals surface area (Å²) in [7, 11) is -4.19. The molecule has 3 rings (SSSR count). The Labute approximate surface area is 258 Å². The van der Waals surface area contributed by atoms with E-state index in [4.69, 9.17) is 27.9 Å². The highest BCUT2D eigenvalue weighted by atomic mass is 35.5. The van der Waals surface area contributed by atoms with Gasteiger partial charge in [-0.15, -0.1) is 0 Å². The normalized spacial score (nSPS) is 12.1. The maximum atomic E-state index is 14.0. The van der Waals surface area contributed by atoms with E-state index < -0.39 is 28.5 Å². The first-order valence-corrected chi connectivity index (χ1v) is 15.9. The van der Waals surface area contributed by atoms with Crippen LogP contribution in [-0.4, -0.2) is 50.9 Å². The van der Waals surface area contributed by atoms with Gasteiger partial charge in [-0.3, -0.25) is 13.9 Å². The Hall–Kier alpha value is -3.27. The first kappa shape index (κ1) is 33.2. The molecule has 0 saturated carbocycles. The fourth-order valence-corrected chi connectivity index (χ4v) is 5.85. The number of hydrogen-bond acceptors (Lipinski definition) is 5. The molecule has 0 radical (unpaired) electrons. The Bertz CT molecular complexity index is 1480. The molecule has 0 aromatic heterocycles. The highest BCUT2D eigenvalue weighted by Gasteiger charge is 2.32. The SMILES string of the molecule is CCOc1ccc(S(=O)(=O)N(CC(=O)N(Cc2ccc(Cl)c(Cl)c2)C(C)C(=O)NCC(C)C)c2ccc(C)cc2)cc1. The number of aryl methyl sites for hydroxylation is 1. The molecular formula is C31H37Cl2N3O5S. The Morgan fingerprint density at radius 1 is 0.929 bits per heavy atom. The number of amides is 2. The Balaban J connectivity index is 2.02. The first-order valence-electron chi connectivity index (χ1n) is 13.7. The minimum absolute atomic E-state index is 0.00177. The fourth-order valence-electron chi connectivity index (χ4n) is 4.11. The summed E-state index contributed by atoms with van der Waals surface area (Å²) in [5, 5.41) is 3.52. The van der Waals surface area contributed by atoms with Gasteiger partial charge in [-0.1, -0.05) is 60.8 Å². The molecule has 0 spiro atoms. The lowest BCUT2D eigenvalue weighted by Gasteiger charge is -2.32. The lowest BCUT2D eigenvalue weighted by atomic mass is 10.1. The average Bonchev–Trinajstić information content (AvgIpc) is 2.95. The monoisotopic (exact) mass is 633 g/mol. The van der Waals surface area contributed by atoms with Crippen LogP contribution in [0.4, 0.5) is 5.69 Å². The van der Waals surface area contributed by atoms with E-state index in [1.807, 2.05) is 27.7 Å². The summed E-state index contributed by atoms with van der Waals surface area (Å²) in [5.41, 5.74) is 1.88. The van der Waals surface area contributed by atoms with Gasteiger partial charge in [0.1, 0.15) is 18.3 Å². The zero-order valence-electron chi connectivity index (χ0n) is 24.4. The van der Waals surface area contributed by atoms with E-state index in [0.717, 1.165) is 9.87 Å². The largest absolute Gasteiger partial charge is 0.494 e. The van der Waals surface area contributed by atoms with Crippen molar-refractivity contribution in [3.63, 3.8) is 0 Å². The third kappa shape index (κ3) is 8.63. The molecule has 42 heavy (non-hydrogen) atoms. The molecule has 1 atom stereocenters. The van der Waals surface area contributed by atoms with Crippen LogP contribution in [0.25, 0.3) is 0 Å². The van der Waals surface area contributed by atoms with Crippen LogP contribution >= 0.6 is 23.2 Å². The minimum Gasteiger partial charge on any atom is -0.494 e. The number of nitrogens with one attached hydrogen (secondary N) is 1. The van der Waals surface area contributed by atoms with E-state index >= 15 is 0 Å². The molecule has 2 amide bonds. The van der Waals surface area contributed by atoms with Gasteiger partial charge in [0.25, 0.3) is 10.0 Å². The Morgan fingerprint density at radius 2 is 1.57 bits per heavy atom. The van der Waals surface area contributed by atoms with Crippen molar-refractivity contribution in [3.05, 3.63) is 87.9 Å². The van der Waals surface area contributed by atoms with Crippen LogP contribution < -0.4 is 14.4 Å². The van der Waals surface area contributed by atoms with Crippen LogP contribution in [0.15, 0.2) is 71.6 Å². The van der Waals surface area contributed by atoms with Crippen LogP contribution in [-0.2, 0) is 26.2 Å². The van der Waals surface area contributed by atoms with Crippen molar-refractivity contribution in [3.8, 4) is 5.75 Å². The zero-order valence-corrected chi connectivity index (χ0v) is 26.8. The molecule has 0 aliphatic carbocycles. The first-order chi connectivity index (χ1) is 19.8. The number of nitrogens with zero attached hydrogens (tertiary/aromatic N) is 2. The molecule has 1 N–H and O–H groups in total. The number of benzene rings is 3. The van der Waals surface area contributed by atoms with Crippen LogP contribution in [0.1, 0.15) is 38.8 Å². The van der Waals surface area contributed by atoms with Gasteiger partial charge in [0, 0.05) is 13.1 Å². The molecule has 0 fully saturated rings. The van der Waals surface area contributed by atoms with E-state index in [-0.39, 0.29) is 23.3 Å². The van der Waals surface area contributed by atoms with Gasteiger partial charge in [0.05, 0.1) is 27.2 Å². The molecule has 0 saturated heterocycles. The van der Waals surface area contributed by atoms with Crippen molar-refractivity contribution in [2.75, 3.05) is 24.0 Å². The summed E-state index contributed by atoms with van der Waals surface area (Å²) in [6.45, 7) is 9.61. The molecule has 0 aliphatic rings. The molecule has 8 nitrogen and oxygen atoms in total. The topological polar surface area (TPSA) is 96.0 Å². The fraction of sp³-hybridized carbons (Fsp3) is 0.355. The maximum Gasteiger partial charge on any atom is 0.264 e. The van der Waals surface area contributed by atoms with Crippen molar-refractivity contribution in [1.82, 2.24) is 10.2 Å². The molecule has 226 valence electrons. The summed E-state index contributed by atoms with van der Waals surface area (Å²) in [6.07, 6.45) is 0. The van der Waals surface area contributed by atoms with Crippen molar-refractivity contribution >= 4 is 50.7 Å². The van der Waals surface area contributed by atoms with Crippen LogP contribution in [0, 0.1) is 12.8 Å². The number of carbonyl (C=O) groups is 2. The summed E-state index contributed by atoms with van der Waals surface area (Å²) < 4.78 is 34.5. The second-order valence-corrected chi connectivity index (χ2v) is 13.0. The number of halogens is 2. The van der Waals surface area contributed by atoms with Gasteiger partial charge in [-0.25, -0.2) is 8.42 Å². The summed E-state index contributed by atoms with van der Waals surface area (Å²) in [6, 6.07) is 16.9. The van der Waals surface area contributed by atoms with Crippen molar-refractivity contribution < 1.29 is 22.7 Å². The molecular weight excluding hydrogens is 597 g/mol. The second-order valence-electron chi connectivity index (χ2n) is 10.3. The van der Waals surface area contributed by atoms with E-state index in [9.17, 15) is 18.0 Å². The number of hydrogen-bond donors (Lipinski definition) is 1. The average molecular weight is 635 g/mol. The maximum absolute atomic E-state index is 14.0. The third-order valence-electron chi connectivity index (χ3n) is 6.51. The number of carbonyl (C=O) groups excluding carboxylic acids is 2. The summed E-state index contributed by atoms with van der Waals surface area (Å²) in [5.74, 6) is -0.183. The summed E-state index contributed by atoms with van der Waals surface area (Å²) in [4.78, 5) is 28.5. The van der Waals surface area contributed by atoms with Crippen LogP contribution in [0.2, 0.25) is 10.0 Å². The lowest BCUT2D eigenvalue weighted by Crippen LogP contribution is -2.51. The van der Waals surface area contributed by atoms with Gasteiger partial charge < -0.3 is 15.0 Å². The second kappa shape index (κ2) is 14.8. The van der Waals surface area contributed by atoms with Gasteiger partial charge in [0.15, 0.2) is 0 Å². The van der Waals surface area contributed by atoms with Crippen molar-refractivity contribution in [1.29, 1.82) is 0 Å². The van der Waals surface area contributed by atoms with E-state index in [1.165, 1.54) is 17.0 Å². The predicted molar refractivity (Wildman–Crippen MR) is 168 cm³/mol. The molecule has 3 aromatic carbocycles. The van der Waals surface area contributed by atoms with Crippen LogP contribution in [0.3, 0.4) is 0 Å². The standard InChI is InChI=1S/C31H37Cl2N3O5S/c1-6-41-26-12-14-27(15-13-26)42(39,40)36(25-10-7-22(4)8-11-25)20-30(37)35(23(5)31(38)34-18-21(2)3)19-24-9-16-28(32)29(33)17-24/h7-17,21,23H,6,18-20H2,1-5H3,(H,34,38). The van der Waals surface area contributed by atoms with Crippen molar-refractivity contribution in [2.45, 2.75) is 52.1 Å². The quantitative estimate of drug-likeness (QED) is 0.246. The highest BCUT2D eigenvalue weighted by molar-refractivity contribution is 7.92. The van der Waals surface area contributed by atoms with Crippen LogP contribution in [0.5, 0.6) is 5.75 Å². The molecule has 3 aromatic rings. The Morgan fingerprint density at radius 3 is 2.14 bits per heavy atom. The molecule has 0 aliphatic heterocycles. The molecule has 0 heterocycles. The Kier molecular flexibility index (Phi) is 11.7. The third-order valence-corrected chi connectivity index (χ3v) is 9.04. The molecule has 11 heteroatoms. The number of rotatable bonds is 13. The predicted octanol–water partition coefficient (Wildman–Crippen LogP) is 6.09. The highest BCUT2D eigenvalue weighted by Crippen LogP contribution is 2.27. The number of ether oxygens (including phenoxy) is 1. The number of sulfonamides is 1. The van der Waals surface area contributed by atoms with E-state index in [1.54, 1.807) is 61.5 Å². The van der Waals surface area contributed by atoms with Gasteiger partial charge >= 0.3 is 0 Å². The van der Waals surface area contributed by atoms with E-state index in [2.05, 4.69) is 5.32 Å².